The number of carbonyl (C=O) groups excluding carboxylic acids is 4. The molecular weight excluding hydrogens is 498 g/mol. The summed E-state index contributed by atoms with van der Waals surface area (Å²) in [5, 5.41) is 0. The Kier molecular flexibility index (Phi) is 10.7. The molecule has 0 saturated carbocycles. The fraction of sp³-hybridized carbons (Fsp3) is 0.556. The van der Waals surface area contributed by atoms with Crippen molar-refractivity contribution >= 4 is 23.9 Å². The number of benzene rings is 1. The lowest BCUT2D eigenvalue weighted by Crippen LogP contribution is -2.38. The Morgan fingerprint density at radius 1 is 1.03 bits per heavy atom. The maximum atomic E-state index is 12.5. The maximum Gasteiger partial charge on any atom is 0.342 e. The van der Waals surface area contributed by atoms with E-state index in [0.29, 0.717) is 55.2 Å². The smallest absolute Gasteiger partial charge is 0.342 e. The van der Waals surface area contributed by atoms with Gasteiger partial charge in [-0.25, -0.2) is 4.79 Å². The van der Waals surface area contributed by atoms with Gasteiger partial charge in [0.25, 0.3) is 0 Å². The van der Waals surface area contributed by atoms with E-state index in [1.165, 1.54) is 14.2 Å². The molecule has 0 amide bonds. The van der Waals surface area contributed by atoms with Gasteiger partial charge in [0.1, 0.15) is 30.9 Å². The molecular formula is C27H35NO10. The first-order chi connectivity index (χ1) is 18.2. The molecule has 0 N–H and O–H groups in total. The highest BCUT2D eigenvalue weighted by Gasteiger charge is 2.34. The number of rotatable bonds is 12. The van der Waals surface area contributed by atoms with Crippen LogP contribution in [-0.4, -0.2) is 82.5 Å². The summed E-state index contributed by atoms with van der Waals surface area (Å²) in [5.41, 5.74) is 2.78. The molecule has 2 heterocycles. The normalized spacial score (nSPS) is 15.5. The van der Waals surface area contributed by atoms with Crippen LogP contribution in [0, 0.1) is 6.92 Å². The quantitative estimate of drug-likeness (QED) is 0.129. The van der Waals surface area contributed by atoms with Gasteiger partial charge in [0.2, 0.25) is 0 Å². The summed E-state index contributed by atoms with van der Waals surface area (Å²) in [7, 11) is 2.65. The number of hydrogen-bond donors (Lipinski definition) is 0. The Hall–Kier alpha value is -3.44. The first-order valence-corrected chi connectivity index (χ1v) is 12.5. The van der Waals surface area contributed by atoms with Gasteiger partial charge in [-0.1, -0.05) is 11.6 Å². The van der Waals surface area contributed by atoms with Crippen molar-refractivity contribution in [3.63, 3.8) is 0 Å². The molecule has 0 aromatic heterocycles. The summed E-state index contributed by atoms with van der Waals surface area (Å²) >= 11 is 0. The van der Waals surface area contributed by atoms with Gasteiger partial charge >= 0.3 is 23.9 Å². The number of esters is 4. The number of morpholine rings is 1. The van der Waals surface area contributed by atoms with E-state index in [2.05, 4.69) is 9.64 Å². The third kappa shape index (κ3) is 7.55. The Bertz CT molecular complexity index is 1090. The van der Waals surface area contributed by atoms with E-state index < -0.39 is 24.3 Å². The van der Waals surface area contributed by atoms with Crippen LogP contribution in [0.25, 0.3) is 0 Å². The summed E-state index contributed by atoms with van der Waals surface area (Å²) in [6.45, 7) is 7.79. The number of carbonyl (C=O) groups is 4. The molecule has 0 aliphatic carbocycles. The molecule has 1 saturated heterocycles. The summed E-state index contributed by atoms with van der Waals surface area (Å²) in [4.78, 5) is 50.9. The van der Waals surface area contributed by atoms with Gasteiger partial charge in [0, 0.05) is 37.2 Å². The number of hydrogen-bond acceptors (Lipinski definition) is 11. The van der Waals surface area contributed by atoms with Crippen LogP contribution in [0.1, 0.15) is 53.2 Å². The molecule has 0 atom stereocenters. The van der Waals surface area contributed by atoms with Gasteiger partial charge in [0.05, 0.1) is 27.4 Å². The first kappa shape index (κ1) is 29.1. The Balaban J connectivity index is 1.69. The van der Waals surface area contributed by atoms with Crippen molar-refractivity contribution in [3.05, 3.63) is 33.9 Å². The number of methoxy groups -OCH3 is 2. The van der Waals surface area contributed by atoms with Crippen molar-refractivity contribution < 1.29 is 47.6 Å². The molecule has 11 heteroatoms. The minimum absolute atomic E-state index is 0.00502. The number of fused-ring (bicyclic) bond motifs is 1. The Labute approximate surface area is 221 Å². The van der Waals surface area contributed by atoms with E-state index in [9.17, 15) is 19.2 Å². The average molecular weight is 534 g/mol. The van der Waals surface area contributed by atoms with Gasteiger partial charge in [-0.2, -0.15) is 0 Å². The zero-order valence-electron chi connectivity index (χ0n) is 22.4. The minimum atomic E-state index is -0.869. The van der Waals surface area contributed by atoms with Crippen LogP contribution in [-0.2, 0) is 46.4 Å². The van der Waals surface area contributed by atoms with E-state index in [0.717, 1.165) is 18.7 Å². The lowest BCUT2D eigenvalue weighted by Gasteiger charge is -2.26. The summed E-state index contributed by atoms with van der Waals surface area (Å²) in [6.07, 6.45) is 2.21. The van der Waals surface area contributed by atoms with Crippen LogP contribution in [0.5, 0.6) is 11.5 Å². The molecule has 2 aliphatic rings. The fourth-order valence-corrected chi connectivity index (χ4v) is 4.33. The van der Waals surface area contributed by atoms with Crippen LogP contribution in [0.2, 0.25) is 0 Å². The molecule has 38 heavy (non-hydrogen) atoms. The lowest BCUT2D eigenvalue weighted by atomic mass is 9.94. The Morgan fingerprint density at radius 3 is 2.45 bits per heavy atom. The predicted molar refractivity (Wildman–Crippen MR) is 134 cm³/mol. The second-order valence-corrected chi connectivity index (χ2v) is 9.05. The van der Waals surface area contributed by atoms with E-state index in [1.807, 2.05) is 13.0 Å². The molecule has 1 aromatic rings. The zero-order chi connectivity index (χ0) is 27.7. The van der Waals surface area contributed by atoms with Crippen LogP contribution in [0.3, 0.4) is 0 Å². The summed E-state index contributed by atoms with van der Waals surface area (Å²) in [5.74, 6) is -2.07. The van der Waals surface area contributed by atoms with E-state index in [1.54, 1.807) is 6.92 Å². The topological polar surface area (TPSA) is 127 Å². The maximum absolute atomic E-state index is 12.5. The average Bonchev–Trinajstić information content (AvgIpc) is 3.30. The van der Waals surface area contributed by atoms with Crippen LogP contribution in [0.4, 0.5) is 0 Å². The number of cyclic esters (lactones) is 1. The van der Waals surface area contributed by atoms with Gasteiger partial charge in [-0.3, -0.25) is 19.3 Å². The highest BCUT2D eigenvalue weighted by Crippen LogP contribution is 2.43. The molecule has 0 bridgehead atoms. The van der Waals surface area contributed by atoms with Crippen LogP contribution >= 0.6 is 0 Å². The van der Waals surface area contributed by atoms with Crippen molar-refractivity contribution in [1.82, 2.24) is 4.90 Å². The lowest BCUT2D eigenvalue weighted by molar-refractivity contribution is -0.148. The highest BCUT2D eigenvalue weighted by atomic mass is 16.6. The highest BCUT2D eigenvalue weighted by molar-refractivity contribution is 6.00. The summed E-state index contributed by atoms with van der Waals surface area (Å²) in [6, 6.07) is 0. The fourth-order valence-electron chi connectivity index (χ4n) is 4.33. The molecule has 1 aromatic carbocycles. The molecule has 0 radical (unpaired) electrons. The zero-order valence-corrected chi connectivity index (χ0v) is 22.4. The number of nitrogens with zero attached hydrogens (tertiary/aromatic N) is 1. The SMILES string of the molecule is COC(=O)CC(=O)Oc1c(CC=C(C)CCC(=O)OCCN2CCOCC2)c(OC)c(C)c2c1C(=O)OC2. The molecule has 2 aliphatic heterocycles. The van der Waals surface area contributed by atoms with E-state index in [4.69, 9.17) is 23.7 Å². The van der Waals surface area contributed by atoms with Crippen molar-refractivity contribution in [3.8, 4) is 11.5 Å². The predicted octanol–water partition coefficient (Wildman–Crippen LogP) is 2.29. The molecule has 0 spiro atoms. The molecule has 208 valence electrons. The first-order valence-electron chi connectivity index (χ1n) is 12.5. The molecule has 11 nitrogen and oxygen atoms in total. The van der Waals surface area contributed by atoms with Gasteiger partial charge < -0.3 is 28.4 Å². The third-order valence-electron chi connectivity index (χ3n) is 6.51. The van der Waals surface area contributed by atoms with Gasteiger partial charge in [-0.15, -0.1) is 0 Å². The number of ether oxygens (including phenoxy) is 6. The number of allylic oxidation sites excluding steroid dienone is 2. The molecule has 0 unspecified atom stereocenters. The van der Waals surface area contributed by atoms with Crippen molar-refractivity contribution in [2.24, 2.45) is 0 Å². The van der Waals surface area contributed by atoms with Crippen molar-refractivity contribution in [2.45, 2.75) is 46.1 Å². The largest absolute Gasteiger partial charge is 0.496 e. The molecule has 3 rings (SSSR count). The van der Waals surface area contributed by atoms with Crippen LogP contribution < -0.4 is 9.47 Å². The van der Waals surface area contributed by atoms with Gasteiger partial charge in [0.15, 0.2) is 5.75 Å². The third-order valence-corrected chi connectivity index (χ3v) is 6.51. The van der Waals surface area contributed by atoms with Crippen molar-refractivity contribution in [2.75, 3.05) is 53.7 Å². The Morgan fingerprint density at radius 2 is 1.76 bits per heavy atom. The second-order valence-electron chi connectivity index (χ2n) is 9.05. The van der Waals surface area contributed by atoms with E-state index in [-0.39, 0.29) is 36.7 Å². The molecule has 1 fully saturated rings. The van der Waals surface area contributed by atoms with Crippen molar-refractivity contribution in [1.29, 1.82) is 0 Å². The second kappa shape index (κ2) is 13.9. The van der Waals surface area contributed by atoms with E-state index >= 15 is 0 Å². The van der Waals surface area contributed by atoms with Crippen LogP contribution in [0.15, 0.2) is 11.6 Å². The minimum Gasteiger partial charge on any atom is -0.496 e. The summed E-state index contributed by atoms with van der Waals surface area (Å²) < 4.78 is 31.5. The monoisotopic (exact) mass is 533 g/mol. The van der Waals surface area contributed by atoms with Gasteiger partial charge in [-0.05, 0) is 32.3 Å². The standard InChI is InChI=1S/C27H35NO10/c1-17(6-8-21(29)36-14-11-28-9-12-35-13-10-28)5-7-19-25(34-4)18(2)20-16-37-27(32)24(20)26(19)38-23(31)15-22(30)33-3/h5H,6-16H2,1-4H3.